The van der Waals surface area contributed by atoms with Crippen LogP contribution in [0.2, 0.25) is 0 Å². The van der Waals surface area contributed by atoms with Crippen molar-refractivity contribution in [1.29, 1.82) is 0 Å². The molecule has 12 heavy (non-hydrogen) atoms. The predicted octanol–water partition coefficient (Wildman–Crippen LogP) is 2.32. The first kappa shape index (κ1) is 7.81. The van der Waals surface area contributed by atoms with E-state index in [2.05, 4.69) is 25.3 Å². The van der Waals surface area contributed by atoms with Gasteiger partial charge in [-0.15, -0.1) is 13.2 Å². The molecule has 64 valence electrons. The average molecular weight is 162 g/mol. The van der Waals surface area contributed by atoms with Gasteiger partial charge >= 0.3 is 0 Å². The lowest BCUT2D eigenvalue weighted by Gasteiger charge is -2.11. The van der Waals surface area contributed by atoms with Gasteiger partial charge in [-0.2, -0.15) is 0 Å². The molecule has 0 unspecified atom stereocenters. The number of epoxide rings is 1. The van der Waals surface area contributed by atoms with Crippen molar-refractivity contribution in [2.75, 3.05) is 0 Å². The number of hydrogen-bond donors (Lipinski definition) is 0. The second kappa shape index (κ2) is 2.91. The van der Waals surface area contributed by atoms with Crippen LogP contribution in [0.4, 0.5) is 0 Å². The van der Waals surface area contributed by atoms with E-state index in [0.29, 0.717) is 24.0 Å². The quantitative estimate of drug-likeness (QED) is 0.458. The van der Waals surface area contributed by atoms with Crippen molar-refractivity contribution in [3.8, 4) is 0 Å². The largest absolute Gasteiger partial charge is 0.365 e. The van der Waals surface area contributed by atoms with Crippen molar-refractivity contribution in [2.45, 2.75) is 18.6 Å². The normalized spacial score (nSPS) is 44.3. The zero-order chi connectivity index (χ0) is 8.55. The third-order valence-corrected chi connectivity index (χ3v) is 2.74. The van der Waals surface area contributed by atoms with Crippen LogP contribution < -0.4 is 0 Å². The van der Waals surface area contributed by atoms with Crippen LogP contribution in [-0.4, -0.2) is 12.2 Å². The van der Waals surface area contributed by atoms with Gasteiger partial charge in [0, 0.05) is 5.92 Å². The van der Waals surface area contributed by atoms with Gasteiger partial charge in [-0.3, -0.25) is 0 Å². The summed E-state index contributed by atoms with van der Waals surface area (Å²) in [5, 5.41) is 0. The van der Waals surface area contributed by atoms with E-state index < -0.39 is 0 Å². The van der Waals surface area contributed by atoms with Gasteiger partial charge in [0.2, 0.25) is 0 Å². The average Bonchev–Trinajstić information content (AvgIpc) is 2.74. The van der Waals surface area contributed by atoms with E-state index in [0.717, 1.165) is 6.42 Å². The van der Waals surface area contributed by atoms with Crippen molar-refractivity contribution in [2.24, 2.45) is 11.8 Å². The summed E-state index contributed by atoms with van der Waals surface area (Å²) in [6.45, 7) is 7.55. The maximum absolute atomic E-state index is 5.47. The monoisotopic (exact) mass is 162 g/mol. The van der Waals surface area contributed by atoms with E-state index in [-0.39, 0.29) is 0 Å². The highest BCUT2D eigenvalue weighted by molar-refractivity contribution is 5.15. The molecule has 1 heterocycles. The van der Waals surface area contributed by atoms with Crippen LogP contribution in [0.1, 0.15) is 6.42 Å². The lowest BCUT2D eigenvalue weighted by atomic mass is 9.91. The molecule has 1 heteroatoms. The van der Waals surface area contributed by atoms with E-state index in [1.54, 1.807) is 0 Å². The Bertz CT molecular complexity index is 229. The molecular weight excluding hydrogens is 148 g/mol. The SMILES string of the molecule is C=C[C@H]1CC=C[C@@H]1[C@@H]1O[C@@H]1C=C. The lowest BCUT2D eigenvalue weighted by Crippen LogP contribution is -2.13. The maximum atomic E-state index is 5.47. The predicted molar refractivity (Wildman–Crippen MR) is 49.8 cm³/mol. The Morgan fingerprint density at radius 3 is 2.75 bits per heavy atom. The summed E-state index contributed by atoms with van der Waals surface area (Å²) in [7, 11) is 0. The van der Waals surface area contributed by atoms with Crippen LogP contribution >= 0.6 is 0 Å². The first-order chi connectivity index (χ1) is 5.86. The highest BCUT2D eigenvalue weighted by Crippen LogP contribution is 2.40. The van der Waals surface area contributed by atoms with Gasteiger partial charge in [0.05, 0.1) is 6.10 Å². The van der Waals surface area contributed by atoms with E-state index >= 15 is 0 Å². The van der Waals surface area contributed by atoms with Crippen molar-refractivity contribution < 1.29 is 4.74 Å². The van der Waals surface area contributed by atoms with E-state index in [1.165, 1.54) is 0 Å². The number of ether oxygens (including phenoxy) is 1. The highest BCUT2D eigenvalue weighted by Gasteiger charge is 2.44. The second-order valence-corrected chi connectivity index (χ2v) is 3.44. The second-order valence-electron chi connectivity index (χ2n) is 3.44. The van der Waals surface area contributed by atoms with Crippen LogP contribution in [-0.2, 0) is 4.74 Å². The van der Waals surface area contributed by atoms with Crippen LogP contribution in [0, 0.1) is 11.8 Å². The summed E-state index contributed by atoms with van der Waals surface area (Å²) in [4.78, 5) is 0. The smallest absolute Gasteiger partial charge is 0.103 e. The first-order valence-electron chi connectivity index (χ1n) is 4.44. The van der Waals surface area contributed by atoms with Crippen LogP contribution in [0.5, 0.6) is 0 Å². The molecule has 0 bridgehead atoms. The molecule has 0 aromatic carbocycles. The zero-order valence-corrected chi connectivity index (χ0v) is 7.15. The van der Waals surface area contributed by atoms with Crippen LogP contribution in [0.25, 0.3) is 0 Å². The Morgan fingerprint density at radius 1 is 1.33 bits per heavy atom. The maximum Gasteiger partial charge on any atom is 0.103 e. The molecule has 1 saturated heterocycles. The van der Waals surface area contributed by atoms with E-state index in [1.807, 2.05) is 12.2 Å². The third-order valence-electron chi connectivity index (χ3n) is 2.74. The van der Waals surface area contributed by atoms with Crippen molar-refractivity contribution >= 4 is 0 Å². The Morgan fingerprint density at radius 2 is 2.17 bits per heavy atom. The Labute approximate surface area is 73.4 Å². The molecule has 1 aliphatic carbocycles. The molecule has 0 aromatic rings. The molecule has 4 atom stereocenters. The van der Waals surface area contributed by atoms with Crippen molar-refractivity contribution in [3.05, 3.63) is 37.5 Å². The molecule has 0 aromatic heterocycles. The minimum atomic E-state index is 0.292. The van der Waals surface area contributed by atoms with Gasteiger partial charge in [-0.1, -0.05) is 24.3 Å². The van der Waals surface area contributed by atoms with Gasteiger partial charge in [-0.05, 0) is 12.3 Å². The number of allylic oxidation sites excluding steroid dienone is 2. The Balaban J connectivity index is 1.99. The summed E-state index contributed by atoms with van der Waals surface area (Å²) in [6.07, 6.45) is 10.2. The topological polar surface area (TPSA) is 12.5 Å². The third kappa shape index (κ3) is 1.14. The first-order valence-corrected chi connectivity index (χ1v) is 4.44. The summed E-state index contributed by atoms with van der Waals surface area (Å²) in [5.74, 6) is 1.13. The molecule has 0 N–H and O–H groups in total. The summed E-state index contributed by atoms with van der Waals surface area (Å²) >= 11 is 0. The summed E-state index contributed by atoms with van der Waals surface area (Å²) in [5.41, 5.74) is 0. The van der Waals surface area contributed by atoms with Gasteiger partial charge < -0.3 is 4.74 Å². The standard InChI is InChI=1S/C11H14O/c1-3-8-6-5-7-9(8)11-10(4-2)12-11/h3-5,7-11H,1-2,6H2/t8-,9-,10+,11-/m0/s1. The zero-order valence-electron chi connectivity index (χ0n) is 7.15. The van der Waals surface area contributed by atoms with Gasteiger partial charge in [0.25, 0.3) is 0 Å². The van der Waals surface area contributed by atoms with Gasteiger partial charge in [0.15, 0.2) is 0 Å². The summed E-state index contributed by atoms with van der Waals surface area (Å²) in [6, 6.07) is 0. The molecule has 1 fully saturated rings. The van der Waals surface area contributed by atoms with Crippen molar-refractivity contribution in [3.63, 3.8) is 0 Å². The minimum Gasteiger partial charge on any atom is -0.365 e. The molecule has 0 amide bonds. The summed E-state index contributed by atoms with van der Waals surface area (Å²) < 4.78 is 5.47. The highest BCUT2D eigenvalue weighted by atomic mass is 16.6. The van der Waals surface area contributed by atoms with Crippen LogP contribution in [0.3, 0.4) is 0 Å². The number of rotatable bonds is 3. The fourth-order valence-corrected chi connectivity index (χ4v) is 1.93. The molecular formula is C11H14O. The molecule has 2 aliphatic rings. The fraction of sp³-hybridized carbons (Fsp3) is 0.455. The van der Waals surface area contributed by atoms with Gasteiger partial charge in [-0.25, -0.2) is 0 Å². The minimum absolute atomic E-state index is 0.292. The Hall–Kier alpha value is -0.820. The van der Waals surface area contributed by atoms with Crippen LogP contribution in [0.15, 0.2) is 37.5 Å². The molecule has 2 rings (SSSR count). The Kier molecular flexibility index (Phi) is 1.89. The molecule has 0 radical (unpaired) electrons. The van der Waals surface area contributed by atoms with Crippen molar-refractivity contribution in [1.82, 2.24) is 0 Å². The molecule has 1 aliphatic heterocycles. The van der Waals surface area contributed by atoms with E-state index in [4.69, 9.17) is 4.74 Å². The fourth-order valence-electron chi connectivity index (χ4n) is 1.93. The van der Waals surface area contributed by atoms with Gasteiger partial charge in [0.1, 0.15) is 6.10 Å². The lowest BCUT2D eigenvalue weighted by molar-refractivity contribution is 0.324. The molecule has 0 saturated carbocycles. The molecule has 0 spiro atoms. The molecule has 1 nitrogen and oxygen atoms in total. The number of hydrogen-bond acceptors (Lipinski definition) is 1. The van der Waals surface area contributed by atoms with E-state index in [9.17, 15) is 0 Å².